The van der Waals surface area contributed by atoms with E-state index in [2.05, 4.69) is 53.3 Å². The van der Waals surface area contributed by atoms with Crippen molar-refractivity contribution in [1.82, 2.24) is 5.32 Å². The van der Waals surface area contributed by atoms with Crippen molar-refractivity contribution in [1.29, 1.82) is 0 Å². The van der Waals surface area contributed by atoms with Crippen LogP contribution in [-0.2, 0) is 0 Å². The van der Waals surface area contributed by atoms with Gasteiger partial charge < -0.3 is 5.32 Å². The van der Waals surface area contributed by atoms with E-state index in [9.17, 15) is 0 Å². The molecule has 4 heteroatoms. The first-order valence-electron chi connectivity index (χ1n) is 6.98. The molecule has 2 atom stereocenters. The summed E-state index contributed by atoms with van der Waals surface area (Å²) in [5.74, 6) is 0. The van der Waals surface area contributed by atoms with Gasteiger partial charge in [0, 0.05) is 16.6 Å². The van der Waals surface area contributed by atoms with E-state index >= 15 is 0 Å². The average molecular weight is 387 g/mol. The third kappa shape index (κ3) is 4.23. The van der Waals surface area contributed by atoms with Crippen molar-refractivity contribution >= 4 is 39.1 Å². The minimum atomic E-state index is 0.236. The Hall–Kier alpha value is -0.540. The molecule has 0 saturated carbocycles. The van der Waals surface area contributed by atoms with Gasteiger partial charge in [-0.1, -0.05) is 70.3 Å². The molecule has 0 bridgehead atoms. The van der Waals surface area contributed by atoms with Gasteiger partial charge in [-0.05, 0) is 42.7 Å². The Labute approximate surface area is 144 Å². The predicted molar refractivity (Wildman–Crippen MR) is 95.2 cm³/mol. The van der Waals surface area contributed by atoms with Crippen LogP contribution in [0, 0.1) is 0 Å². The molecule has 1 N–H and O–H groups in total. The lowest BCUT2D eigenvalue weighted by Gasteiger charge is -2.24. The van der Waals surface area contributed by atoms with Gasteiger partial charge in [0.25, 0.3) is 0 Å². The largest absolute Gasteiger partial charge is 0.303 e. The zero-order chi connectivity index (χ0) is 15.4. The second-order valence-electron chi connectivity index (χ2n) is 5.04. The van der Waals surface area contributed by atoms with Crippen molar-refractivity contribution in [2.75, 3.05) is 0 Å². The molecule has 2 aromatic carbocycles. The standard InChI is InChI=1S/C17H18BrCl2N/c1-3-17(12-8-9-15(19)16(20)10-12)21-11(2)13-6-4-5-7-14(13)18/h4-11,17,21H,3H2,1-2H3. The summed E-state index contributed by atoms with van der Waals surface area (Å²) in [7, 11) is 0. The summed E-state index contributed by atoms with van der Waals surface area (Å²) in [6.07, 6.45) is 0.979. The Morgan fingerprint density at radius 3 is 2.43 bits per heavy atom. The Morgan fingerprint density at radius 2 is 1.81 bits per heavy atom. The highest BCUT2D eigenvalue weighted by Gasteiger charge is 2.16. The van der Waals surface area contributed by atoms with Gasteiger partial charge >= 0.3 is 0 Å². The van der Waals surface area contributed by atoms with Crippen LogP contribution in [-0.4, -0.2) is 0 Å². The van der Waals surface area contributed by atoms with Gasteiger partial charge in [-0.15, -0.1) is 0 Å². The van der Waals surface area contributed by atoms with Crippen molar-refractivity contribution in [3.8, 4) is 0 Å². The van der Waals surface area contributed by atoms with Gasteiger partial charge in [0.2, 0.25) is 0 Å². The first-order valence-corrected chi connectivity index (χ1v) is 8.53. The quantitative estimate of drug-likeness (QED) is 0.613. The van der Waals surface area contributed by atoms with Crippen LogP contribution in [0.4, 0.5) is 0 Å². The molecular weight excluding hydrogens is 369 g/mol. The molecule has 0 radical (unpaired) electrons. The fourth-order valence-electron chi connectivity index (χ4n) is 2.40. The first-order chi connectivity index (χ1) is 10.0. The maximum Gasteiger partial charge on any atom is 0.0595 e. The Morgan fingerprint density at radius 1 is 1.10 bits per heavy atom. The summed E-state index contributed by atoms with van der Waals surface area (Å²) in [6.45, 7) is 4.33. The molecule has 0 aliphatic heterocycles. The molecule has 1 nitrogen and oxygen atoms in total. The summed E-state index contributed by atoms with van der Waals surface area (Å²) >= 11 is 15.7. The van der Waals surface area contributed by atoms with E-state index in [-0.39, 0.29) is 12.1 Å². The van der Waals surface area contributed by atoms with Crippen LogP contribution in [0.15, 0.2) is 46.9 Å². The molecule has 2 unspecified atom stereocenters. The highest BCUT2D eigenvalue weighted by atomic mass is 79.9. The van der Waals surface area contributed by atoms with Crippen molar-refractivity contribution in [2.24, 2.45) is 0 Å². The monoisotopic (exact) mass is 385 g/mol. The lowest BCUT2D eigenvalue weighted by Crippen LogP contribution is -2.24. The minimum Gasteiger partial charge on any atom is -0.303 e. The molecule has 2 aromatic rings. The molecule has 0 aromatic heterocycles. The van der Waals surface area contributed by atoms with Gasteiger partial charge in [0.05, 0.1) is 10.0 Å². The molecule has 21 heavy (non-hydrogen) atoms. The van der Waals surface area contributed by atoms with E-state index in [0.29, 0.717) is 10.0 Å². The summed E-state index contributed by atoms with van der Waals surface area (Å²) in [5.41, 5.74) is 2.40. The third-order valence-corrected chi connectivity index (χ3v) is 5.04. The van der Waals surface area contributed by atoms with Crippen LogP contribution in [0.2, 0.25) is 10.0 Å². The number of benzene rings is 2. The van der Waals surface area contributed by atoms with Gasteiger partial charge in [-0.3, -0.25) is 0 Å². The summed E-state index contributed by atoms with van der Waals surface area (Å²) in [5, 5.41) is 4.85. The first kappa shape index (κ1) is 16.8. The van der Waals surface area contributed by atoms with E-state index in [1.807, 2.05) is 24.3 Å². The minimum absolute atomic E-state index is 0.236. The van der Waals surface area contributed by atoms with Gasteiger partial charge in [-0.2, -0.15) is 0 Å². The van der Waals surface area contributed by atoms with Crippen LogP contribution in [0.5, 0.6) is 0 Å². The fraction of sp³-hybridized carbons (Fsp3) is 0.294. The topological polar surface area (TPSA) is 12.0 Å². The zero-order valence-corrected chi connectivity index (χ0v) is 15.1. The van der Waals surface area contributed by atoms with Gasteiger partial charge in [0.1, 0.15) is 0 Å². The maximum atomic E-state index is 6.13. The second-order valence-corrected chi connectivity index (χ2v) is 6.71. The molecule has 112 valence electrons. The van der Waals surface area contributed by atoms with E-state index in [1.165, 1.54) is 5.56 Å². The van der Waals surface area contributed by atoms with E-state index in [0.717, 1.165) is 16.5 Å². The fourth-order valence-corrected chi connectivity index (χ4v) is 3.33. The molecule has 0 amide bonds. The number of halogens is 3. The van der Waals surface area contributed by atoms with Gasteiger partial charge in [-0.25, -0.2) is 0 Å². The molecular formula is C17H18BrCl2N. The van der Waals surface area contributed by atoms with Crippen LogP contribution < -0.4 is 5.32 Å². The smallest absolute Gasteiger partial charge is 0.0595 e. The SMILES string of the molecule is CCC(NC(C)c1ccccc1Br)c1ccc(Cl)c(Cl)c1. The Balaban J connectivity index is 2.19. The molecule has 0 fully saturated rings. The summed E-state index contributed by atoms with van der Waals surface area (Å²) < 4.78 is 1.12. The number of nitrogens with one attached hydrogen (secondary N) is 1. The van der Waals surface area contributed by atoms with Crippen LogP contribution in [0.3, 0.4) is 0 Å². The molecule has 0 aliphatic rings. The Kier molecular flexibility index (Phi) is 6.12. The lowest BCUT2D eigenvalue weighted by atomic mass is 10.0. The normalized spacial score (nSPS) is 14.0. The zero-order valence-electron chi connectivity index (χ0n) is 12.0. The molecule has 2 rings (SSSR count). The van der Waals surface area contributed by atoms with Gasteiger partial charge in [0.15, 0.2) is 0 Å². The number of rotatable bonds is 5. The molecule has 0 saturated heterocycles. The van der Waals surface area contributed by atoms with E-state index in [4.69, 9.17) is 23.2 Å². The van der Waals surface area contributed by atoms with E-state index < -0.39 is 0 Å². The average Bonchev–Trinajstić information content (AvgIpc) is 2.48. The number of hydrogen-bond acceptors (Lipinski definition) is 1. The predicted octanol–water partition coefficient (Wildman–Crippen LogP) is 6.56. The highest BCUT2D eigenvalue weighted by Crippen LogP contribution is 2.30. The second kappa shape index (κ2) is 7.64. The van der Waals surface area contributed by atoms with Crippen molar-refractivity contribution < 1.29 is 0 Å². The van der Waals surface area contributed by atoms with Crippen molar-refractivity contribution in [2.45, 2.75) is 32.4 Å². The molecule has 0 heterocycles. The van der Waals surface area contributed by atoms with E-state index in [1.54, 1.807) is 0 Å². The van der Waals surface area contributed by atoms with Crippen LogP contribution in [0.25, 0.3) is 0 Å². The number of hydrogen-bond donors (Lipinski definition) is 1. The summed E-state index contributed by atoms with van der Waals surface area (Å²) in [6, 6.07) is 14.6. The highest BCUT2D eigenvalue weighted by molar-refractivity contribution is 9.10. The van der Waals surface area contributed by atoms with Crippen LogP contribution in [0.1, 0.15) is 43.5 Å². The maximum absolute atomic E-state index is 6.13. The third-order valence-electron chi connectivity index (χ3n) is 3.58. The molecule has 0 spiro atoms. The molecule has 0 aliphatic carbocycles. The van der Waals surface area contributed by atoms with Crippen molar-refractivity contribution in [3.05, 3.63) is 68.1 Å². The lowest BCUT2D eigenvalue weighted by molar-refractivity contribution is 0.455. The van der Waals surface area contributed by atoms with Crippen LogP contribution >= 0.6 is 39.1 Å². The Bertz CT molecular complexity index is 615. The van der Waals surface area contributed by atoms with Crippen molar-refractivity contribution in [3.63, 3.8) is 0 Å². The summed E-state index contributed by atoms with van der Waals surface area (Å²) in [4.78, 5) is 0.